The van der Waals surface area contributed by atoms with Crippen molar-refractivity contribution in [2.24, 2.45) is 0 Å². The van der Waals surface area contributed by atoms with E-state index in [1.54, 1.807) is 36.1 Å². The van der Waals surface area contributed by atoms with Gasteiger partial charge in [-0.1, -0.05) is 30.0 Å². The molecule has 0 aliphatic rings. The largest absolute Gasteiger partial charge is 0.497 e. The van der Waals surface area contributed by atoms with Crippen LogP contribution in [-0.2, 0) is 0 Å². The van der Waals surface area contributed by atoms with Gasteiger partial charge in [0.15, 0.2) is 0 Å². The fourth-order valence-electron chi connectivity index (χ4n) is 2.15. The van der Waals surface area contributed by atoms with Crippen molar-refractivity contribution >= 4 is 17.7 Å². The Labute approximate surface area is 149 Å². The Balaban J connectivity index is 1.50. The Morgan fingerprint density at radius 2 is 1.92 bits per heavy atom. The van der Waals surface area contributed by atoms with Gasteiger partial charge >= 0.3 is 0 Å². The minimum atomic E-state index is -0.120. The molecule has 0 spiro atoms. The van der Waals surface area contributed by atoms with Crippen molar-refractivity contribution in [3.63, 3.8) is 0 Å². The molecule has 128 valence electrons. The van der Waals surface area contributed by atoms with Gasteiger partial charge in [0, 0.05) is 17.9 Å². The van der Waals surface area contributed by atoms with Crippen LogP contribution in [0.1, 0.15) is 10.4 Å². The van der Waals surface area contributed by atoms with Gasteiger partial charge in [0.1, 0.15) is 5.75 Å². The molecule has 1 N–H and O–H groups in total. The van der Waals surface area contributed by atoms with Gasteiger partial charge < -0.3 is 10.1 Å². The Morgan fingerprint density at radius 3 is 2.64 bits per heavy atom. The summed E-state index contributed by atoms with van der Waals surface area (Å²) in [5.74, 6) is 1.26. The summed E-state index contributed by atoms with van der Waals surface area (Å²) in [5, 5.41) is 15.3. The summed E-state index contributed by atoms with van der Waals surface area (Å²) in [6.07, 6.45) is 0. The highest BCUT2D eigenvalue weighted by molar-refractivity contribution is 7.99. The predicted octanol–water partition coefficient (Wildman–Crippen LogP) is 2.19. The molecule has 0 unspecified atom stereocenters. The van der Waals surface area contributed by atoms with Gasteiger partial charge in [-0.25, -0.2) is 0 Å². The van der Waals surface area contributed by atoms with Crippen LogP contribution < -0.4 is 10.1 Å². The molecule has 0 aliphatic heterocycles. The van der Waals surface area contributed by atoms with Crippen LogP contribution >= 0.6 is 11.8 Å². The first-order valence-electron chi connectivity index (χ1n) is 7.67. The number of amides is 1. The van der Waals surface area contributed by atoms with Crippen LogP contribution in [0.15, 0.2) is 59.8 Å². The molecule has 0 atom stereocenters. The van der Waals surface area contributed by atoms with Gasteiger partial charge in [-0.15, -0.1) is 5.10 Å². The number of nitrogens with one attached hydrogen (secondary N) is 1. The zero-order valence-corrected chi connectivity index (χ0v) is 14.4. The molecule has 1 amide bonds. The topological polar surface area (TPSA) is 81.9 Å². The second kappa shape index (κ2) is 8.29. The van der Waals surface area contributed by atoms with Gasteiger partial charge in [0.2, 0.25) is 5.16 Å². The second-order valence-electron chi connectivity index (χ2n) is 5.04. The highest BCUT2D eigenvalue weighted by atomic mass is 32.2. The van der Waals surface area contributed by atoms with Crippen LogP contribution in [0.4, 0.5) is 0 Å². The van der Waals surface area contributed by atoms with E-state index < -0.39 is 0 Å². The molecule has 1 heterocycles. The van der Waals surface area contributed by atoms with E-state index in [4.69, 9.17) is 4.74 Å². The first-order valence-corrected chi connectivity index (χ1v) is 8.65. The predicted molar refractivity (Wildman–Crippen MR) is 95.2 cm³/mol. The average molecular weight is 355 g/mol. The molecule has 7 nitrogen and oxygen atoms in total. The summed E-state index contributed by atoms with van der Waals surface area (Å²) in [6, 6.07) is 16.7. The molecule has 3 aromatic rings. The maximum atomic E-state index is 12.1. The van der Waals surface area contributed by atoms with E-state index in [2.05, 4.69) is 20.8 Å². The molecule has 0 radical (unpaired) electrons. The van der Waals surface area contributed by atoms with E-state index in [1.165, 1.54) is 11.8 Å². The Kier molecular flexibility index (Phi) is 5.63. The number of methoxy groups -OCH3 is 1. The maximum Gasteiger partial charge on any atom is 0.251 e. The molecule has 0 fully saturated rings. The average Bonchev–Trinajstić information content (AvgIpc) is 3.14. The lowest BCUT2D eigenvalue weighted by molar-refractivity contribution is 0.0956. The highest BCUT2D eigenvalue weighted by Gasteiger charge is 2.09. The molecule has 0 bridgehead atoms. The fourth-order valence-corrected chi connectivity index (χ4v) is 2.90. The number of hydrogen-bond donors (Lipinski definition) is 1. The third-order valence-electron chi connectivity index (χ3n) is 3.41. The summed E-state index contributed by atoms with van der Waals surface area (Å²) in [5.41, 5.74) is 1.50. The molecular formula is C17H17N5O2S. The highest BCUT2D eigenvalue weighted by Crippen LogP contribution is 2.17. The number of nitrogens with zero attached hydrogens (tertiary/aromatic N) is 4. The van der Waals surface area contributed by atoms with Gasteiger partial charge in [-0.3, -0.25) is 4.79 Å². The van der Waals surface area contributed by atoms with Crippen molar-refractivity contribution in [2.45, 2.75) is 5.16 Å². The number of para-hydroxylation sites is 1. The molecule has 0 saturated heterocycles. The number of benzene rings is 2. The van der Waals surface area contributed by atoms with Crippen molar-refractivity contribution in [2.75, 3.05) is 19.4 Å². The van der Waals surface area contributed by atoms with Crippen molar-refractivity contribution in [3.05, 3.63) is 60.2 Å². The first-order chi connectivity index (χ1) is 12.3. The lowest BCUT2D eigenvalue weighted by Gasteiger charge is -2.06. The quantitative estimate of drug-likeness (QED) is 0.517. The Hall–Kier alpha value is -2.87. The van der Waals surface area contributed by atoms with E-state index in [1.807, 2.05) is 30.3 Å². The maximum absolute atomic E-state index is 12.1. The number of ether oxygens (including phenoxy) is 1. The minimum absolute atomic E-state index is 0.120. The van der Waals surface area contributed by atoms with Gasteiger partial charge in [0.05, 0.1) is 12.8 Å². The van der Waals surface area contributed by atoms with Crippen LogP contribution in [0.3, 0.4) is 0 Å². The molecule has 2 aromatic carbocycles. The van der Waals surface area contributed by atoms with E-state index >= 15 is 0 Å². The van der Waals surface area contributed by atoms with E-state index in [0.29, 0.717) is 23.0 Å². The van der Waals surface area contributed by atoms with E-state index in [0.717, 1.165) is 11.4 Å². The molecule has 8 heteroatoms. The van der Waals surface area contributed by atoms with Crippen LogP contribution in [0, 0.1) is 0 Å². The SMILES string of the molecule is COc1ccc(C(=O)NCCSc2nnnn2-c2ccccc2)cc1. The first kappa shape index (κ1) is 17.0. The third-order valence-corrected chi connectivity index (χ3v) is 4.33. The summed E-state index contributed by atoms with van der Waals surface area (Å²) < 4.78 is 6.76. The second-order valence-corrected chi connectivity index (χ2v) is 6.10. The summed E-state index contributed by atoms with van der Waals surface area (Å²) >= 11 is 1.48. The number of tetrazole rings is 1. The van der Waals surface area contributed by atoms with Crippen molar-refractivity contribution in [1.29, 1.82) is 0 Å². The van der Waals surface area contributed by atoms with Crippen LogP contribution in [0.5, 0.6) is 5.75 Å². The molecule has 0 aliphatic carbocycles. The van der Waals surface area contributed by atoms with Crippen LogP contribution in [0.2, 0.25) is 0 Å². The third kappa shape index (κ3) is 4.36. The zero-order valence-electron chi connectivity index (χ0n) is 13.6. The Bertz CT molecular complexity index is 821. The number of hydrogen-bond acceptors (Lipinski definition) is 6. The van der Waals surface area contributed by atoms with Crippen molar-refractivity contribution in [3.8, 4) is 11.4 Å². The monoisotopic (exact) mass is 355 g/mol. The fraction of sp³-hybridized carbons (Fsp3) is 0.176. The van der Waals surface area contributed by atoms with Gasteiger partial charge in [-0.2, -0.15) is 4.68 Å². The smallest absolute Gasteiger partial charge is 0.251 e. The molecule has 1 aromatic heterocycles. The summed E-state index contributed by atoms with van der Waals surface area (Å²) in [4.78, 5) is 12.1. The zero-order chi connectivity index (χ0) is 17.5. The number of thioether (sulfide) groups is 1. The number of rotatable bonds is 7. The van der Waals surface area contributed by atoms with Crippen molar-refractivity contribution in [1.82, 2.24) is 25.5 Å². The summed E-state index contributed by atoms with van der Waals surface area (Å²) in [7, 11) is 1.59. The normalized spacial score (nSPS) is 10.4. The Morgan fingerprint density at radius 1 is 1.16 bits per heavy atom. The van der Waals surface area contributed by atoms with Gasteiger partial charge in [-0.05, 0) is 46.8 Å². The molecule has 0 saturated carbocycles. The summed E-state index contributed by atoms with van der Waals surface area (Å²) in [6.45, 7) is 0.511. The van der Waals surface area contributed by atoms with E-state index in [-0.39, 0.29) is 5.91 Å². The lowest BCUT2D eigenvalue weighted by Crippen LogP contribution is -2.25. The van der Waals surface area contributed by atoms with Crippen molar-refractivity contribution < 1.29 is 9.53 Å². The molecule has 3 rings (SSSR count). The van der Waals surface area contributed by atoms with Gasteiger partial charge in [0.25, 0.3) is 5.91 Å². The minimum Gasteiger partial charge on any atom is -0.497 e. The van der Waals surface area contributed by atoms with Crippen LogP contribution in [0.25, 0.3) is 5.69 Å². The van der Waals surface area contributed by atoms with E-state index in [9.17, 15) is 4.79 Å². The number of carbonyl (C=O) groups excluding carboxylic acids is 1. The number of aromatic nitrogens is 4. The van der Waals surface area contributed by atoms with Crippen LogP contribution in [-0.4, -0.2) is 45.5 Å². The standard InChI is InChI=1S/C17H17N5O2S/c1-24-15-9-7-13(8-10-15)16(23)18-11-12-25-17-19-20-21-22(17)14-5-3-2-4-6-14/h2-10H,11-12H2,1H3,(H,18,23). The molecular weight excluding hydrogens is 338 g/mol. The molecule has 25 heavy (non-hydrogen) atoms. The number of carbonyl (C=O) groups is 1. The lowest BCUT2D eigenvalue weighted by atomic mass is 10.2.